The van der Waals surface area contributed by atoms with E-state index in [0.29, 0.717) is 17.9 Å². The van der Waals surface area contributed by atoms with Crippen LogP contribution in [0.15, 0.2) is 41.3 Å². The number of likely N-dealkylation sites (N-methyl/N-ethyl adjacent to an activating group) is 1. The predicted molar refractivity (Wildman–Crippen MR) is 119 cm³/mol. The molecular weight excluding hydrogens is 418 g/mol. The van der Waals surface area contributed by atoms with Crippen LogP contribution in [0.2, 0.25) is 0 Å². The summed E-state index contributed by atoms with van der Waals surface area (Å²) in [6.45, 7) is 4.94. The van der Waals surface area contributed by atoms with E-state index >= 15 is 0 Å². The van der Waals surface area contributed by atoms with Crippen LogP contribution in [0, 0.1) is 6.92 Å². The van der Waals surface area contributed by atoms with E-state index in [1.807, 2.05) is 19.9 Å². The fraction of sp³-hybridized carbons (Fsp3) is 0.364. The maximum Gasteiger partial charge on any atom is 0.243 e. The van der Waals surface area contributed by atoms with Gasteiger partial charge in [-0.05, 0) is 61.7 Å². The average Bonchev–Trinajstić information content (AvgIpc) is 3.03. The molecule has 0 saturated heterocycles. The number of fused-ring (bicyclic) bond motifs is 1. The van der Waals surface area contributed by atoms with Gasteiger partial charge in [0.1, 0.15) is 5.75 Å². The number of nitrogens with zero attached hydrogens (tertiary/aromatic N) is 2. The van der Waals surface area contributed by atoms with Crippen LogP contribution < -0.4 is 15.0 Å². The van der Waals surface area contributed by atoms with E-state index in [4.69, 9.17) is 4.74 Å². The molecule has 3 rings (SSSR count). The minimum atomic E-state index is -3.89. The molecule has 0 fully saturated rings. The Balaban J connectivity index is 1.77. The van der Waals surface area contributed by atoms with Gasteiger partial charge in [-0.15, -0.1) is 0 Å². The fourth-order valence-electron chi connectivity index (χ4n) is 3.82. The van der Waals surface area contributed by atoms with Crippen LogP contribution in [0.3, 0.4) is 0 Å². The Labute approximate surface area is 182 Å². The number of hydrogen-bond acceptors (Lipinski definition) is 5. The zero-order valence-electron chi connectivity index (χ0n) is 18.3. The highest BCUT2D eigenvalue weighted by Gasteiger charge is 2.31. The third-order valence-corrected chi connectivity index (χ3v) is 7.11. The average molecular weight is 446 g/mol. The molecular formula is C22H27N3O5S. The molecule has 9 heteroatoms. The number of rotatable bonds is 6. The Kier molecular flexibility index (Phi) is 6.38. The zero-order chi connectivity index (χ0) is 22.9. The summed E-state index contributed by atoms with van der Waals surface area (Å²) in [5.74, 6) is -0.0676. The van der Waals surface area contributed by atoms with Crippen molar-refractivity contribution in [3.8, 4) is 5.75 Å². The molecule has 1 atom stereocenters. The summed E-state index contributed by atoms with van der Waals surface area (Å²) < 4.78 is 32.3. The molecule has 2 amide bonds. The molecule has 0 saturated carbocycles. The highest BCUT2D eigenvalue weighted by atomic mass is 32.2. The first-order valence-corrected chi connectivity index (χ1v) is 11.3. The highest BCUT2D eigenvalue weighted by molar-refractivity contribution is 7.89. The lowest BCUT2D eigenvalue weighted by Crippen LogP contribution is -2.35. The van der Waals surface area contributed by atoms with Crippen molar-refractivity contribution in [2.75, 3.05) is 30.9 Å². The molecule has 0 unspecified atom stereocenters. The number of hydrogen-bond donors (Lipinski definition) is 1. The van der Waals surface area contributed by atoms with Gasteiger partial charge in [0, 0.05) is 25.7 Å². The molecule has 1 heterocycles. The number of ether oxygens (including phenoxy) is 1. The molecule has 0 bridgehead atoms. The first kappa shape index (κ1) is 22.8. The normalized spacial score (nSPS) is 15.7. The quantitative estimate of drug-likeness (QED) is 0.737. The van der Waals surface area contributed by atoms with Crippen LogP contribution in [0.4, 0.5) is 11.4 Å². The van der Waals surface area contributed by atoms with Crippen molar-refractivity contribution in [2.24, 2.45) is 0 Å². The zero-order valence-corrected chi connectivity index (χ0v) is 19.1. The minimum Gasteiger partial charge on any atom is -0.495 e. The van der Waals surface area contributed by atoms with Gasteiger partial charge in [-0.1, -0.05) is 6.07 Å². The third kappa shape index (κ3) is 4.57. The first-order valence-electron chi connectivity index (χ1n) is 9.88. The standard InChI is InChI=1S/C22H27N3O5S/c1-14-6-9-21(30-5)19(10-14)23-22(27)13-24(4)31(28,29)18-7-8-20-17(12-18)11-15(2)25(20)16(3)26/h6-10,12,15H,11,13H2,1-5H3,(H,23,27)/t15-/m0/s1. The van der Waals surface area contributed by atoms with Gasteiger partial charge in [0.05, 0.1) is 24.2 Å². The fourth-order valence-corrected chi connectivity index (χ4v) is 5.00. The van der Waals surface area contributed by atoms with Crippen LogP contribution in [0.1, 0.15) is 25.0 Å². The minimum absolute atomic E-state index is 0.0294. The van der Waals surface area contributed by atoms with Gasteiger partial charge in [0.25, 0.3) is 0 Å². The van der Waals surface area contributed by atoms with E-state index < -0.39 is 15.9 Å². The molecule has 0 aromatic heterocycles. The van der Waals surface area contributed by atoms with E-state index in [2.05, 4.69) is 5.32 Å². The summed E-state index contributed by atoms with van der Waals surface area (Å²) in [6.07, 6.45) is 0.579. The Hall–Kier alpha value is -2.91. The van der Waals surface area contributed by atoms with Gasteiger partial charge in [-0.2, -0.15) is 4.31 Å². The van der Waals surface area contributed by atoms with Crippen LogP contribution >= 0.6 is 0 Å². The van der Waals surface area contributed by atoms with Gasteiger partial charge >= 0.3 is 0 Å². The van der Waals surface area contributed by atoms with Crippen molar-refractivity contribution >= 4 is 33.2 Å². The number of aryl methyl sites for hydroxylation is 1. The summed E-state index contributed by atoms with van der Waals surface area (Å²) in [4.78, 5) is 26.2. The van der Waals surface area contributed by atoms with Crippen molar-refractivity contribution < 1.29 is 22.7 Å². The second kappa shape index (κ2) is 8.68. The molecule has 166 valence electrons. The number of carbonyl (C=O) groups excluding carboxylic acids is 2. The number of amides is 2. The SMILES string of the molecule is COc1ccc(C)cc1NC(=O)CN(C)S(=O)(=O)c1ccc2c(c1)C[C@H](C)N2C(C)=O. The number of benzene rings is 2. The van der Waals surface area contributed by atoms with Crippen LogP contribution in [0.25, 0.3) is 0 Å². The Bertz CT molecular complexity index is 1130. The van der Waals surface area contributed by atoms with Crippen molar-refractivity contribution in [1.82, 2.24) is 4.31 Å². The first-order chi connectivity index (χ1) is 14.5. The maximum atomic E-state index is 13.0. The maximum absolute atomic E-state index is 13.0. The van der Waals surface area contributed by atoms with E-state index in [1.54, 1.807) is 29.2 Å². The Morgan fingerprint density at radius 3 is 2.58 bits per heavy atom. The summed E-state index contributed by atoms with van der Waals surface area (Å²) in [6, 6.07) is 10.0. The number of methoxy groups -OCH3 is 1. The molecule has 0 radical (unpaired) electrons. The van der Waals surface area contributed by atoms with Gasteiger partial charge in [-0.3, -0.25) is 9.59 Å². The van der Waals surface area contributed by atoms with Crippen molar-refractivity contribution in [3.63, 3.8) is 0 Å². The highest BCUT2D eigenvalue weighted by Crippen LogP contribution is 2.34. The van der Waals surface area contributed by atoms with Crippen LogP contribution in [-0.2, 0) is 26.0 Å². The molecule has 1 aliphatic heterocycles. The van der Waals surface area contributed by atoms with Gasteiger partial charge in [0.15, 0.2) is 0 Å². The molecule has 31 heavy (non-hydrogen) atoms. The molecule has 2 aromatic rings. The van der Waals surface area contributed by atoms with Crippen molar-refractivity contribution in [3.05, 3.63) is 47.5 Å². The number of sulfonamides is 1. The molecule has 0 spiro atoms. The monoisotopic (exact) mass is 445 g/mol. The second-order valence-electron chi connectivity index (χ2n) is 7.75. The largest absolute Gasteiger partial charge is 0.495 e. The second-order valence-corrected chi connectivity index (χ2v) is 9.79. The number of nitrogens with one attached hydrogen (secondary N) is 1. The van der Waals surface area contributed by atoms with Crippen molar-refractivity contribution in [1.29, 1.82) is 0 Å². The van der Waals surface area contributed by atoms with Gasteiger partial charge < -0.3 is 15.0 Å². The topological polar surface area (TPSA) is 96.0 Å². The summed E-state index contributed by atoms with van der Waals surface area (Å²) >= 11 is 0. The van der Waals surface area contributed by atoms with E-state index in [9.17, 15) is 18.0 Å². The lowest BCUT2D eigenvalue weighted by Gasteiger charge is -2.21. The number of carbonyl (C=O) groups is 2. The van der Waals surface area contributed by atoms with Crippen molar-refractivity contribution in [2.45, 2.75) is 38.1 Å². The van der Waals surface area contributed by atoms with Crippen LogP contribution in [0.5, 0.6) is 5.75 Å². The summed E-state index contributed by atoms with van der Waals surface area (Å²) in [5.41, 5.74) is 2.94. The molecule has 1 aliphatic rings. The molecule has 8 nitrogen and oxygen atoms in total. The van der Waals surface area contributed by atoms with Gasteiger partial charge in [-0.25, -0.2) is 8.42 Å². The van der Waals surface area contributed by atoms with Crippen LogP contribution in [-0.4, -0.2) is 51.3 Å². The predicted octanol–water partition coefficient (Wildman–Crippen LogP) is 2.56. The molecule has 0 aliphatic carbocycles. The summed E-state index contributed by atoms with van der Waals surface area (Å²) in [5, 5.41) is 2.71. The lowest BCUT2D eigenvalue weighted by molar-refractivity contribution is -0.117. The Morgan fingerprint density at radius 1 is 1.23 bits per heavy atom. The molecule has 2 aromatic carbocycles. The molecule has 1 N–H and O–H groups in total. The van der Waals surface area contributed by atoms with E-state index in [-0.39, 0.29) is 23.4 Å². The van der Waals surface area contributed by atoms with Gasteiger partial charge in [0.2, 0.25) is 21.8 Å². The smallest absolute Gasteiger partial charge is 0.243 e. The van der Waals surface area contributed by atoms with E-state index in [0.717, 1.165) is 21.1 Å². The van der Waals surface area contributed by atoms with E-state index in [1.165, 1.54) is 27.1 Å². The third-order valence-electron chi connectivity index (χ3n) is 5.31. The summed E-state index contributed by atoms with van der Waals surface area (Å²) in [7, 11) is -1.03. The Morgan fingerprint density at radius 2 is 1.94 bits per heavy atom. The number of anilines is 2. The lowest BCUT2D eigenvalue weighted by atomic mass is 10.1.